The van der Waals surface area contributed by atoms with Gasteiger partial charge in [0.15, 0.2) is 6.10 Å². The Balaban J connectivity index is 1.35. The van der Waals surface area contributed by atoms with Crippen molar-refractivity contribution in [2.24, 2.45) is 0 Å². The van der Waals surface area contributed by atoms with Crippen molar-refractivity contribution < 1.29 is 27.4 Å². The first-order valence-corrected chi connectivity index (χ1v) is 15.8. The third kappa shape index (κ3) is 12.5. The van der Waals surface area contributed by atoms with Crippen LogP contribution >= 0.6 is 0 Å². The van der Waals surface area contributed by atoms with Gasteiger partial charge in [0.2, 0.25) is 0 Å². The molecule has 4 nitrogen and oxygen atoms in total. The summed E-state index contributed by atoms with van der Waals surface area (Å²) < 4.78 is 47.4. The number of esters is 1. The Labute approximate surface area is 255 Å². The van der Waals surface area contributed by atoms with Gasteiger partial charge in [0, 0.05) is 23.9 Å². The molecule has 234 valence electrons. The number of ether oxygens (including phenoxy) is 2. The number of unbranched alkanes of at least 4 members (excludes halogenated alkanes) is 9. The molecule has 2 aromatic carbocycles. The van der Waals surface area contributed by atoms with Crippen molar-refractivity contribution in [1.82, 2.24) is 4.98 Å². The first-order chi connectivity index (χ1) is 20.8. The number of rotatable bonds is 19. The van der Waals surface area contributed by atoms with Gasteiger partial charge in [0.1, 0.15) is 0 Å². The molecule has 1 heterocycles. The zero-order chi connectivity index (χ0) is 30.9. The van der Waals surface area contributed by atoms with E-state index in [9.17, 15) is 18.0 Å². The number of aryl methyl sites for hydroxylation is 1. The van der Waals surface area contributed by atoms with Crippen LogP contribution in [0.25, 0.3) is 22.4 Å². The van der Waals surface area contributed by atoms with Gasteiger partial charge in [-0.15, -0.1) is 0 Å². The van der Waals surface area contributed by atoms with E-state index in [0.29, 0.717) is 25.0 Å². The molecule has 1 unspecified atom stereocenters. The molecule has 0 radical (unpaired) electrons. The molecule has 0 aliphatic rings. The van der Waals surface area contributed by atoms with Gasteiger partial charge in [-0.2, -0.15) is 13.2 Å². The summed E-state index contributed by atoms with van der Waals surface area (Å²) in [6.45, 7) is 3.68. The van der Waals surface area contributed by atoms with Crippen molar-refractivity contribution in [1.29, 1.82) is 0 Å². The normalized spacial score (nSPS) is 12.3. The number of pyridine rings is 1. The van der Waals surface area contributed by atoms with E-state index in [-0.39, 0.29) is 12.6 Å². The Bertz CT molecular complexity index is 1190. The topological polar surface area (TPSA) is 48.4 Å². The maximum Gasteiger partial charge on any atom is 0.414 e. The van der Waals surface area contributed by atoms with Crippen LogP contribution in [0.3, 0.4) is 0 Å². The zero-order valence-corrected chi connectivity index (χ0v) is 25.6. The standard InChI is InChI=1S/C36H46F3NO3/c1-3-4-5-6-8-11-14-29-15-17-31(18-16-29)34-24-23-33(27-40-34)30-19-21-32(22-20-30)35(41)43-26-13-10-7-9-12-25-42-28(2)36(37,38)39/h15-24,27-28H,3-14,25-26H2,1-2H3. The number of hydrogen-bond acceptors (Lipinski definition) is 4. The highest BCUT2D eigenvalue weighted by Crippen LogP contribution is 2.25. The summed E-state index contributed by atoms with van der Waals surface area (Å²) in [6, 6.07) is 20.1. The van der Waals surface area contributed by atoms with E-state index in [0.717, 1.165) is 55.0 Å². The number of nitrogens with zero attached hydrogens (tertiary/aromatic N) is 1. The summed E-state index contributed by atoms with van der Waals surface area (Å²) >= 11 is 0. The summed E-state index contributed by atoms with van der Waals surface area (Å²) in [4.78, 5) is 17.1. The summed E-state index contributed by atoms with van der Waals surface area (Å²) in [6.07, 6.45) is 8.54. The number of carbonyl (C=O) groups is 1. The van der Waals surface area contributed by atoms with Crippen molar-refractivity contribution in [3.63, 3.8) is 0 Å². The Hall–Kier alpha value is -3.19. The van der Waals surface area contributed by atoms with Crippen LogP contribution in [0.4, 0.5) is 13.2 Å². The monoisotopic (exact) mass is 597 g/mol. The second-order valence-electron chi connectivity index (χ2n) is 11.2. The second kappa shape index (κ2) is 18.5. The van der Waals surface area contributed by atoms with Crippen molar-refractivity contribution >= 4 is 5.97 Å². The third-order valence-corrected chi connectivity index (χ3v) is 7.64. The Morgan fingerprint density at radius 1 is 0.721 bits per heavy atom. The van der Waals surface area contributed by atoms with E-state index in [1.807, 2.05) is 30.5 Å². The van der Waals surface area contributed by atoms with E-state index in [2.05, 4.69) is 36.2 Å². The highest BCUT2D eigenvalue weighted by Gasteiger charge is 2.36. The molecule has 0 N–H and O–H groups in total. The number of hydrogen-bond donors (Lipinski definition) is 0. The molecule has 0 spiro atoms. The first kappa shape index (κ1) is 34.3. The van der Waals surface area contributed by atoms with Crippen LogP contribution in [0.1, 0.15) is 100 Å². The van der Waals surface area contributed by atoms with Crippen molar-refractivity contribution in [3.05, 3.63) is 78.0 Å². The molecule has 0 fully saturated rings. The van der Waals surface area contributed by atoms with E-state index in [1.165, 1.54) is 44.1 Å². The van der Waals surface area contributed by atoms with Gasteiger partial charge in [-0.3, -0.25) is 4.98 Å². The van der Waals surface area contributed by atoms with E-state index in [4.69, 9.17) is 9.47 Å². The Morgan fingerprint density at radius 2 is 1.30 bits per heavy atom. The lowest BCUT2D eigenvalue weighted by atomic mass is 10.0. The molecule has 7 heteroatoms. The lowest BCUT2D eigenvalue weighted by Crippen LogP contribution is -2.28. The molecular formula is C36H46F3NO3. The molecule has 1 aromatic heterocycles. The van der Waals surface area contributed by atoms with E-state index in [1.54, 1.807) is 12.1 Å². The third-order valence-electron chi connectivity index (χ3n) is 7.64. The predicted molar refractivity (Wildman–Crippen MR) is 167 cm³/mol. The fraction of sp³-hybridized carbons (Fsp3) is 0.500. The predicted octanol–water partition coefficient (Wildman–Crippen LogP) is 10.4. The van der Waals surface area contributed by atoms with Crippen LogP contribution in [0.2, 0.25) is 0 Å². The quantitative estimate of drug-likeness (QED) is 0.102. The number of alkyl halides is 3. The molecule has 0 saturated heterocycles. The number of aromatic nitrogens is 1. The molecule has 0 saturated carbocycles. The largest absolute Gasteiger partial charge is 0.462 e. The number of halogens is 3. The maximum atomic E-state index is 12.4. The van der Waals surface area contributed by atoms with Crippen molar-refractivity contribution in [2.75, 3.05) is 13.2 Å². The first-order valence-electron chi connectivity index (χ1n) is 15.8. The lowest BCUT2D eigenvalue weighted by molar-refractivity contribution is -0.214. The molecule has 3 rings (SSSR count). The SMILES string of the molecule is CCCCCCCCc1ccc(-c2ccc(-c3ccc(C(=O)OCCCCCCCOC(C)C(F)(F)F)cc3)cn2)cc1. The van der Waals surface area contributed by atoms with Crippen molar-refractivity contribution in [2.45, 2.75) is 103 Å². The zero-order valence-electron chi connectivity index (χ0n) is 25.6. The molecule has 3 aromatic rings. The molecule has 1 atom stereocenters. The van der Waals surface area contributed by atoms with Crippen LogP contribution in [0, 0.1) is 0 Å². The number of carbonyl (C=O) groups excluding carboxylic acids is 1. The molecular weight excluding hydrogens is 551 g/mol. The molecule has 0 aliphatic carbocycles. The van der Waals surface area contributed by atoms with E-state index < -0.39 is 12.3 Å². The van der Waals surface area contributed by atoms with Gasteiger partial charge in [-0.25, -0.2) is 4.79 Å². The lowest BCUT2D eigenvalue weighted by Gasteiger charge is -2.16. The summed E-state index contributed by atoms with van der Waals surface area (Å²) in [7, 11) is 0. The van der Waals surface area contributed by atoms with Gasteiger partial charge < -0.3 is 9.47 Å². The molecule has 43 heavy (non-hydrogen) atoms. The average molecular weight is 598 g/mol. The highest BCUT2D eigenvalue weighted by atomic mass is 19.4. The van der Waals surface area contributed by atoms with Crippen LogP contribution in [0.15, 0.2) is 66.9 Å². The molecule has 0 aliphatic heterocycles. The minimum absolute atomic E-state index is 0.0963. The van der Waals surface area contributed by atoms with Crippen LogP contribution in [0.5, 0.6) is 0 Å². The van der Waals surface area contributed by atoms with Gasteiger partial charge in [-0.1, -0.05) is 101 Å². The fourth-order valence-corrected chi connectivity index (χ4v) is 4.82. The minimum atomic E-state index is -4.31. The molecule has 0 bridgehead atoms. The highest BCUT2D eigenvalue weighted by molar-refractivity contribution is 5.90. The summed E-state index contributed by atoms with van der Waals surface area (Å²) in [5.74, 6) is -0.366. The maximum absolute atomic E-state index is 12.4. The van der Waals surface area contributed by atoms with Crippen LogP contribution < -0.4 is 0 Å². The van der Waals surface area contributed by atoms with E-state index >= 15 is 0 Å². The Kier molecular flexibility index (Phi) is 14.7. The fourth-order valence-electron chi connectivity index (χ4n) is 4.82. The summed E-state index contributed by atoms with van der Waals surface area (Å²) in [5, 5.41) is 0. The van der Waals surface area contributed by atoms with Gasteiger partial charge in [-0.05, 0) is 61.9 Å². The minimum Gasteiger partial charge on any atom is -0.462 e. The summed E-state index contributed by atoms with van der Waals surface area (Å²) in [5.41, 5.74) is 5.84. The van der Waals surface area contributed by atoms with Gasteiger partial charge in [0.05, 0.1) is 17.9 Å². The van der Waals surface area contributed by atoms with Crippen molar-refractivity contribution in [3.8, 4) is 22.4 Å². The molecule has 0 amide bonds. The second-order valence-corrected chi connectivity index (χ2v) is 11.2. The van der Waals surface area contributed by atoms with Crippen LogP contribution in [-0.2, 0) is 15.9 Å². The average Bonchev–Trinajstić information content (AvgIpc) is 3.01. The smallest absolute Gasteiger partial charge is 0.414 e. The van der Waals surface area contributed by atoms with Gasteiger partial charge in [0.25, 0.3) is 0 Å². The Morgan fingerprint density at radius 3 is 1.93 bits per heavy atom. The number of benzene rings is 2. The van der Waals surface area contributed by atoms with Gasteiger partial charge >= 0.3 is 12.1 Å². The van der Waals surface area contributed by atoms with Crippen LogP contribution in [-0.4, -0.2) is 36.4 Å².